The summed E-state index contributed by atoms with van der Waals surface area (Å²) in [6, 6.07) is -0.268. The van der Waals surface area contributed by atoms with Gasteiger partial charge in [-0.3, -0.25) is 4.79 Å². The Morgan fingerprint density at radius 3 is 1.86 bits per heavy atom. The van der Waals surface area contributed by atoms with Crippen molar-refractivity contribution in [2.75, 3.05) is 0 Å². The maximum Gasteiger partial charge on any atom is 0.320 e. The van der Waals surface area contributed by atoms with Gasteiger partial charge in [-0.25, -0.2) is 0 Å². The molecule has 0 heterocycles. The number of carboxylic acids is 1. The highest BCUT2D eigenvalue weighted by Gasteiger charge is 2.28. The Morgan fingerprint density at radius 2 is 1.64 bits per heavy atom. The van der Waals surface area contributed by atoms with E-state index in [1.165, 1.54) is 0 Å². The van der Waals surface area contributed by atoms with Gasteiger partial charge in [0, 0.05) is 6.04 Å². The first-order valence-corrected chi connectivity index (χ1v) is 5.15. The number of aliphatic carboxylic acids is 1. The Bertz CT molecular complexity index is 194. The molecule has 14 heavy (non-hydrogen) atoms. The van der Waals surface area contributed by atoms with Gasteiger partial charge in [-0.05, 0) is 18.3 Å². The first-order chi connectivity index (χ1) is 6.16. The van der Waals surface area contributed by atoms with E-state index in [4.69, 9.17) is 5.11 Å². The van der Waals surface area contributed by atoms with Crippen LogP contribution >= 0.6 is 0 Å². The first kappa shape index (κ1) is 13.4. The summed E-state index contributed by atoms with van der Waals surface area (Å²) >= 11 is 0. The lowest BCUT2D eigenvalue weighted by Gasteiger charge is -2.32. The Morgan fingerprint density at radius 1 is 1.21 bits per heavy atom. The van der Waals surface area contributed by atoms with Crippen molar-refractivity contribution >= 4 is 5.97 Å². The Labute approximate surface area is 86.9 Å². The molecular weight excluding hydrogens is 178 g/mol. The predicted octanol–water partition coefficient (Wildman–Crippen LogP) is 2.12. The molecule has 2 N–H and O–H groups in total. The van der Waals surface area contributed by atoms with Crippen LogP contribution in [0.4, 0.5) is 0 Å². The highest BCUT2D eigenvalue weighted by Crippen LogP contribution is 2.20. The minimum absolute atomic E-state index is 0.0859. The van der Waals surface area contributed by atoms with E-state index in [-0.39, 0.29) is 17.4 Å². The molecule has 0 radical (unpaired) electrons. The monoisotopic (exact) mass is 201 g/mol. The van der Waals surface area contributed by atoms with Crippen molar-refractivity contribution in [1.82, 2.24) is 5.32 Å². The maximum absolute atomic E-state index is 10.9. The van der Waals surface area contributed by atoms with Gasteiger partial charge in [0.1, 0.15) is 6.04 Å². The van der Waals surface area contributed by atoms with Crippen molar-refractivity contribution in [3.63, 3.8) is 0 Å². The fraction of sp³-hybridized carbons (Fsp3) is 0.909. The van der Waals surface area contributed by atoms with Gasteiger partial charge in [-0.2, -0.15) is 0 Å². The molecule has 0 saturated carbocycles. The number of carbonyl (C=O) groups is 1. The summed E-state index contributed by atoms with van der Waals surface area (Å²) in [7, 11) is 0. The lowest BCUT2D eigenvalue weighted by molar-refractivity contribution is -0.141. The smallest absolute Gasteiger partial charge is 0.320 e. The summed E-state index contributed by atoms with van der Waals surface area (Å²) in [6.07, 6.45) is 0. The second kappa shape index (κ2) is 4.78. The Balaban J connectivity index is 4.39. The van der Waals surface area contributed by atoms with Crippen LogP contribution in [-0.4, -0.2) is 23.2 Å². The molecule has 0 aromatic carbocycles. The van der Waals surface area contributed by atoms with E-state index in [9.17, 15) is 4.79 Å². The van der Waals surface area contributed by atoms with Crippen molar-refractivity contribution in [1.29, 1.82) is 0 Å². The quantitative estimate of drug-likeness (QED) is 0.732. The molecule has 0 aromatic rings. The second-order valence-corrected chi connectivity index (χ2v) is 5.31. The fourth-order valence-corrected chi connectivity index (χ4v) is 1.07. The molecule has 0 aliphatic heterocycles. The van der Waals surface area contributed by atoms with Gasteiger partial charge in [0.2, 0.25) is 0 Å². The van der Waals surface area contributed by atoms with Gasteiger partial charge >= 0.3 is 5.97 Å². The van der Waals surface area contributed by atoms with Crippen molar-refractivity contribution in [3.8, 4) is 0 Å². The van der Waals surface area contributed by atoms with Gasteiger partial charge in [0.25, 0.3) is 0 Å². The minimum Gasteiger partial charge on any atom is -0.480 e. The van der Waals surface area contributed by atoms with Crippen molar-refractivity contribution in [2.45, 2.75) is 53.6 Å². The molecule has 3 heteroatoms. The van der Waals surface area contributed by atoms with Gasteiger partial charge in [0.05, 0.1) is 0 Å². The molecule has 0 bridgehead atoms. The van der Waals surface area contributed by atoms with E-state index in [1.807, 2.05) is 20.8 Å². The van der Waals surface area contributed by atoms with Crippen LogP contribution in [0.5, 0.6) is 0 Å². The van der Waals surface area contributed by atoms with Crippen LogP contribution in [0, 0.1) is 11.3 Å². The lowest BCUT2D eigenvalue weighted by atomic mass is 9.87. The SMILES string of the molecule is CC(C)C(NC(C)C(C)(C)C)C(=O)O. The second-order valence-electron chi connectivity index (χ2n) is 5.31. The standard InChI is InChI=1S/C11H23NO2/c1-7(2)9(10(13)14)12-8(3)11(4,5)6/h7-9,12H,1-6H3,(H,13,14). The van der Waals surface area contributed by atoms with Gasteiger partial charge in [-0.15, -0.1) is 0 Å². The van der Waals surface area contributed by atoms with Crippen LogP contribution in [-0.2, 0) is 4.79 Å². The number of hydrogen-bond acceptors (Lipinski definition) is 2. The van der Waals surface area contributed by atoms with Crippen LogP contribution in [0.2, 0.25) is 0 Å². The molecule has 3 nitrogen and oxygen atoms in total. The van der Waals surface area contributed by atoms with Gasteiger partial charge in [0.15, 0.2) is 0 Å². The third-order valence-corrected chi connectivity index (χ3v) is 2.66. The molecule has 0 spiro atoms. The summed E-state index contributed by atoms with van der Waals surface area (Å²) in [5.41, 5.74) is 0.0859. The molecule has 0 aliphatic carbocycles. The zero-order valence-corrected chi connectivity index (χ0v) is 10.1. The lowest BCUT2D eigenvalue weighted by Crippen LogP contribution is -2.49. The molecule has 0 amide bonds. The molecule has 84 valence electrons. The molecule has 2 unspecified atom stereocenters. The predicted molar refractivity (Wildman–Crippen MR) is 58.3 cm³/mol. The fourth-order valence-electron chi connectivity index (χ4n) is 1.07. The number of carboxylic acid groups (broad SMARTS) is 1. The zero-order chi connectivity index (χ0) is 11.5. The topological polar surface area (TPSA) is 49.3 Å². The average Bonchev–Trinajstić information content (AvgIpc) is 1.96. The number of hydrogen-bond donors (Lipinski definition) is 2. The van der Waals surface area contributed by atoms with Crippen molar-refractivity contribution in [3.05, 3.63) is 0 Å². The van der Waals surface area contributed by atoms with Crippen LogP contribution < -0.4 is 5.32 Å². The number of rotatable bonds is 4. The normalized spacial score (nSPS) is 16.8. The molecular formula is C11H23NO2. The van der Waals surface area contributed by atoms with Crippen molar-refractivity contribution < 1.29 is 9.90 Å². The van der Waals surface area contributed by atoms with Gasteiger partial charge in [-0.1, -0.05) is 34.6 Å². The van der Waals surface area contributed by atoms with E-state index >= 15 is 0 Å². The minimum atomic E-state index is -0.767. The Kier molecular flexibility index (Phi) is 4.59. The van der Waals surface area contributed by atoms with E-state index in [0.717, 1.165) is 0 Å². The van der Waals surface area contributed by atoms with E-state index < -0.39 is 12.0 Å². The third kappa shape index (κ3) is 4.09. The maximum atomic E-state index is 10.9. The summed E-state index contributed by atoms with van der Waals surface area (Å²) in [6.45, 7) is 12.2. The van der Waals surface area contributed by atoms with Crippen molar-refractivity contribution in [2.24, 2.45) is 11.3 Å². The summed E-state index contributed by atoms with van der Waals surface area (Å²) in [4.78, 5) is 10.9. The largest absolute Gasteiger partial charge is 0.480 e. The van der Waals surface area contributed by atoms with Gasteiger partial charge < -0.3 is 10.4 Å². The first-order valence-electron chi connectivity index (χ1n) is 5.15. The molecule has 0 rings (SSSR count). The van der Waals surface area contributed by atoms with Crippen LogP contribution in [0.25, 0.3) is 0 Å². The Hall–Kier alpha value is -0.570. The van der Waals surface area contributed by atoms with Crippen LogP contribution in [0.1, 0.15) is 41.5 Å². The van der Waals surface area contributed by atoms with E-state index in [2.05, 4.69) is 26.1 Å². The summed E-state index contributed by atoms with van der Waals surface area (Å²) in [5.74, 6) is -0.659. The molecule has 0 fully saturated rings. The summed E-state index contributed by atoms with van der Waals surface area (Å²) < 4.78 is 0. The average molecular weight is 201 g/mol. The highest BCUT2D eigenvalue weighted by atomic mass is 16.4. The van der Waals surface area contributed by atoms with Crippen LogP contribution in [0.3, 0.4) is 0 Å². The number of nitrogens with one attached hydrogen (secondary N) is 1. The molecule has 0 saturated heterocycles. The molecule has 0 aromatic heterocycles. The molecule has 0 aliphatic rings. The third-order valence-electron chi connectivity index (χ3n) is 2.66. The highest BCUT2D eigenvalue weighted by molar-refractivity contribution is 5.73. The van der Waals surface area contributed by atoms with E-state index in [1.54, 1.807) is 0 Å². The molecule has 2 atom stereocenters. The van der Waals surface area contributed by atoms with Crippen LogP contribution in [0.15, 0.2) is 0 Å². The van der Waals surface area contributed by atoms with E-state index in [0.29, 0.717) is 0 Å². The summed E-state index contributed by atoms with van der Waals surface area (Å²) in [5, 5.41) is 12.2. The zero-order valence-electron chi connectivity index (χ0n) is 10.1.